The van der Waals surface area contributed by atoms with Crippen molar-refractivity contribution in [3.05, 3.63) is 54.2 Å². The number of alkyl halides is 2. The molecule has 1 aromatic carbocycles. The number of nitrogen functional groups attached to an aromatic ring is 1. The molecule has 1 saturated heterocycles. The fourth-order valence-corrected chi connectivity index (χ4v) is 4.23. The molecule has 0 aliphatic carbocycles. The van der Waals surface area contributed by atoms with Crippen molar-refractivity contribution in [3.8, 4) is 17.0 Å². The summed E-state index contributed by atoms with van der Waals surface area (Å²) in [5.41, 5.74) is 8.59. The number of piperidine rings is 1. The summed E-state index contributed by atoms with van der Waals surface area (Å²) in [6.07, 6.45) is -4.05. The zero-order valence-electron chi connectivity index (χ0n) is 26.9. The van der Waals surface area contributed by atoms with E-state index in [4.69, 9.17) is 21.1 Å². The van der Waals surface area contributed by atoms with Crippen LogP contribution in [0.3, 0.4) is 0 Å². The molecule has 1 aliphatic rings. The van der Waals surface area contributed by atoms with E-state index in [0.717, 1.165) is 18.6 Å². The van der Waals surface area contributed by atoms with Gasteiger partial charge in [0, 0.05) is 27.4 Å². The summed E-state index contributed by atoms with van der Waals surface area (Å²) in [7, 11) is -3.08. The molecule has 1 fully saturated rings. The van der Waals surface area contributed by atoms with Crippen molar-refractivity contribution in [2.24, 2.45) is 5.73 Å². The van der Waals surface area contributed by atoms with E-state index in [1.54, 1.807) is 0 Å². The number of rotatable bonds is 7. The minimum absolute atomic E-state index is 0.0207. The Hall–Kier alpha value is -4.04. The average molecular weight is 554 g/mol. The predicted octanol–water partition coefficient (Wildman–Crippen LogP) is 2.73. The summed E-state index contributed by atoms with van der Waals surface area (Å²) in [6.45, 7) is -6.06. The van der Waals surface area contributed by atoms with Gasteiger partial charge in [0.15, 0.2) is 23.0 Å². The summed E-state index contributed by atoms with van der Waals surface area (Å²) >= 11 is 0. The second kappa shape index (κ2) is 10.3. The lowest BCUT2D eigenvalue weighted by Crippen LogP contribution is -2.63. The van der Waals surface area contributed by atoms with Gasteiger partial charge in [-0.2, -0.15) is 0 Å². The maximum atomic E-state index is 15.3. The molecule has 5 rings (SSSR count). The Morgan fingerprint density at radius 2 is 2.03 bits per heavy atom. The number of aliphatic hydroxyl groups is 1. The van der Waals surface area contributed by atoms with Crippen LogP contribution in [0.1, 0.15) is 28.0 Å². The number of pyridine rings is 1. The van der Waals surface area contributed by atoms with E-state index in [0.29, 0.717) is 17.0 Å². The molecule has 2 atom stereocenters. The normalized spacial score (nSPS) is 24.2. The number of fused-ring (bicyclic) bond motifs is 1. The molecule has 10 nitrogen and oxygen atoms in total. The molecule has 206 valence electrons. The summed E-state index contributed by atoms with van der Waals surface area (Å²) in [4.78, 5) is 16.7. The van der Waals surface area contributed by atoms with Crippen molar-refractivity contribution in [2.75, 3.05) is 30.7 Å². The van der Waals surface area contributed by atoms with Gasteiger partial charge in [0.05, 0.1) is 49.9 Å². The van der Waals surface area contributed by atoms with Crippen molar-refractivity contribution in [1.82, 2.24) is 24.5 Å². The fourth-order valence-electron chi connectivity index (χ4n) is 4.23. The molecule has 0 saturated carbocycles. The van der Waals surface area contributed by atoms with Crippen molar-refractivity contribution in [3.63, 3.8) is 0 Å². The Kier molecular flexibility index (Phi) is 5.02. The van der Waals surface area contributed by atoms with Gasteiger partial charge in [0.25, 0.3) is 6.43 Å². The number of hydrogen-bond donors (Lipinski definition) is 3. The lowest BCUT2D eigenvalue weighted by Gasteiger charge is -2.44. The number of benzene rings is 1. The molecule has 14 heteroatoms. The lowest BCUT2D eigenvalue weighted by atomic mass is 9.84. The molecular weight excluding hydrogens is 520 g/mol. The number of anilines is 2. The molecule has 3 aromatic heterocycles. The van der Waals surface area contributed by atoms with Crippen molar-refractivity contribution >= 4 is 22.7 Å². The van der Waals surface area contributed by atoms with Crippen LogP contribution in [-0.4, -0.2) is 67.7 Å². The zero-order chi connectivity index (χ0) is 34.0. The van der Waals surface area contributed by atoms with Gasteiger partial charge in [0.2, 0.25) is 0 Å². The third-order valence-electron chi connectivity index (χ3n) is 6.28. The summed E-state index contributed by atoms with van der Waals surface area (Å²) in [5, 5.41) is 10.3. The second-order valence-corrected chi connectivity index (χ2v) is 8.79. The number of imidazole rings is 1. The van der Waals surface area contributed by atoms with Crippen molar-refractivity contribution in [1.29, 1.82) is 0 Å². The van der Waals surface area contributed by atoms with Gasteiger partial charge in [-0.15, -0.1) is 0 Å². The van der Waals surface area contributed by atoms with Gasteiger partial charge in [-0.25, -0.2) is 32.5 Å². The Labute approximate surface area is 230 Å². The number of aliphatic hydroxyl groups excluding tert-OH is 1. The van der Waals surface area contributed by atoms with Gasteiger partial charge in [-0.05, 0) is 30.5 Å². The molecule has 1 aliphatic heterocycles. The van der Waals surface area contributed by atoms with E-state index in [1.807, 2.05) is 0 Å². The molecule has 2 unspecified atom stereocenters. The molecule has 0 radical (unpaired) electrons. The van der Waals surface area contributed by atoms with Crippen LogP contribution in [0.25, 0.3) is 22.4 Å². The highest BCUT2D eigenvalue weighted by Gasteiger charge is 2.43. The molecule has 0 amide bonds. The number of aromatic nitrogens is 5. The van der Waals surface area contributed by atoms with Gasteiger partial charge in [-0.1, -0.05) is 0 Å². The van der Waals surface area contributed by atoms with Crippen LogP contribution in [0, 0.1) is 11.6 Å². The minimum Gasteiger partial charge on any atom is -0.494 e. The largest absolute Gasteiger partial charge is 0.494 e. The highest BCUT2D eigenvalue weighted by molar-refractivity contribution is 5.81. The molecule has 4 heterocycles. The van der Waals surface area contributed by atoms with Crippen LogP contribution in [-0.2, 0) is 6.54 Å². The van der Waals surface area contributed by atoms with Gasteiger partial charge in [-0.3, -0.25) is 4.98 Å². The lowest BCUT2D eigenvalue weighted by molar-refractivity contribution is -0.0529. The van der Waals surface area contributed by atoms with Crippen LogP contribution in [0.2, 0.25) is 0 Å². The molecule has 0 bridgehead atoms. The summed E-state index contributed by atoms with van der Waals surface area (Å²) in [5.74, 6) is -3.27. The van der Waals surface area contributed by atoms with Crippen LogP contribution in [0.15, 0.2) is 37.1 Å². The van der Waals surface area contributed by atoms with Crippen LogP contribution >= 0.6 is 0 Å². The molecule has 4 aromatic rings. The van der Waals surface area contributed by atoms with E-state index in [-0.39, 0.29) is 40.5 Å². The number of ether oxygens (including phenoxy) is 1. The van der Waals surface area contributed by atoms with Gasteiger partial charge >= 0.3 is 0 Å². The highest BCUT2D eigenvalue weighted by atomic mass is 19.3. The molecule has 39 heavy (non-hydrogen) atoms. The number of methoxy groups -OCH3 is 1. The van der Waals surface area contributed by atoms with E-state index < -0.39 is 73.9 Å². The highest BCUT2D eigenvalue weighted by Crippen LogP contribution is 2.34. The van der Waals surface area contributed by atoms with Crippen LogP contribution in [0.5, 0.6) is 5.75 Å². The Bertz CT molecular complexity index is 1800. The molecule has 0 spiro atoms. The summed E-state index contributed by atoms with van der Waals surface area (Å²) in [6, 6.07) is 2.30. The SMILES string of the molecule is [2H]C([2H])([2H])Oc1cc(F)c(-c2cc(Cn3cnc4c(N)ncnc43)c(N3C([2H])([2H])CCC(N)(C(O)C(F)F)C3([2H])[2H])cn2)cc1F. The maximum absolute atomic E-state index is 15.3. The average Bonchev–Trinajstić information content (AvgIpc) is 3.36. The van der Waals surface area contributed by atoms with Crippen LogP contribution < -0.4 is 21.1 Å². The quantitative estimate of drug-likeness (QED) is 0.295. The number of nitrogens with zero attached hydrogens (tertiary/aromatic N) is 6. The second-order valence-electron chi connectivity index (χ2n) is 8.79. The zero-order valence-corrected chi connectivity index (χ0v) is 19.9. The molecule has 5 N–H and O–H groups in total. The van der Waals surface area contributed by atoms with E-state index in [2.05, 4.69) is 24.7 Å². The van der Waals surface area contributed by atoms with Gasteiger partial charge in [0.1, 0.15) is 23.8 Å². The van der Waals surface area contributed by atoms with Gasteiger partial charge < -0.3 is 30.8 Å². The topological polar surface area (TPSA) is 141 Å². The Morgan fingerprint density at radius 1 is 1.21 bits per heavy atom. The first-order chi connectivity index (χ1) is 21.3. The first-order valence-corrected chi connectivity index (χ1v) is 11.4. The first-order valence-electron chi connectivity index (χ1n) is 14.9. The monoisotopic (exact) mass is 553 g/mol. The predicted molar refractivity (Wildman–Crippen MR) is 135 cm³/mol. The molecular formula is C25H26F4N8O2. The van der Waals surface area contributed by atoms with E-state index in [1.165, 1.54) is 10.9 Å². The Balaban J connectivity index is 1.71. The first kappa shape index (κ1) is 19.1. The van der Waals surface area contributed by atoms with Crippen molar-refractivity contribution < 1.29 is 37.0 Å². The van der Waals surface area contributed by atoms with Crippen molar-refractivity contribution in [2.45, 2.75) is 37.5 Å². The fraction of sp³-hybridized carbons (Fsp3) is 0.360. The Morgan fingerprint density at radius 3 is 2.79 bits per heavy atom. The maximum Gasteiger partial charge on any atom is 0.265 e. The van der Waals surface area contributed by atoms with Crippen LogP contribution in [0.4, 0.5) is 29.1 Å². The smallest absolute Gasteiger partial charge is 0.265 e. The summed E-state index contributed by atoms with van der Waals surface area (Å²) < 4.78 is 120. The van der Waals surface area contributed by atoms with E-state index in [9.17, 15) is 18.3 Å². The number of hydrogen-bond acceptors (Lipinski definition) is 9. The number of nitrogens with two attached hydrogens (primary N) is 2. The third-order valence-corrected chi connectivity index (χ3v) is 6.28. The number of halogens is 4. The van der Waals surface area contributed by atoms with E-state index >= 15 is 4.39 Å². The minimum atomic E-state index is -3.47. The third kappa shape index (κ3) is 4.92. The standard InChI is InChI=1S/C25H26F4N8O2/c1-39-19-7-15(26)14(6-16(19)27)17-5-13(9-37-12-35-20-23(30)33-11-34-24(20)37)18(8-32-17)36-4-2-3-25(31,10-36)21(38)22(28)29/h5-8,11-12,21-22,38H,2-4,9-10,31H2,1H3,(H2,30,33,34)/i1D3,4D2,10D2.